The lowest BCUT2D eigenvalue weighted by molar-refractivity contribution is -0.122. The number of halogens is 1. The summed E-state index contributed by atoms with van der Waals surface area (Å²) in [6, 6.07) is 7.38. The quantitative estimate of drug-likeness (QED) is 0.257. The van der Waals surface area contributed by atoms with Crippen molar-refractivity contribution < 1.29 is 14.0 Å². The number of carbonyl (C=O) groups excluding carboxylic acids is 2. The number of hydrogen-bond donors (Lipinski definition) is 2. The summed E-state index contributed by atoms with van der Waals surface area (Å²) in [6.45, 7) is 13.5. The van der Waals surface area contributed by atoms with Crippen molar-refractivity contribution in [1.82, 2.24) is 20.7 Å². The third-order valence-corrected chi connectivity index (χ3v) is 5.78. The lowest BCUT2D eigenvalue weighted by Gasteiger charge is -2.31. The second-order valence-electron chi connectivity index (χ2n) is 11.4. The van der Waals surface area contributed by atoms with Gasteiger partial charge in [-0.05, 0) is 55.4 Å². The third-order valence-electron chi connectivity index (χ3n) is 5.78. The molecule has 1 aromatic heterocycles. The van der Waals surface area contributed by atoms with Crippen molar-refractivity contribution in [3.8, 4) is 6.07 Å². The predicted octanol–water partition coefficient (Wildman–Crippen LogP) is 5.50. The Kier molecular flexibility index (Phi) is 12.1. The molecule has 0 saturated heterocycles. The summed E-state index contributed by atoms with van der Waals surface area (Å²) in [4.78, 5) is 35.4. The largest absolute Gasteiger partial charge is 0.356 e. The van der Waals surface area contributed by atoms with Gasteiger partial charge in [-0.15, -0.1) is 0 Å². The molecule has 2 N–H and O–H groups in total. The monoisotopic (exact) mass is 539 g/mol. The van der Waals surface area contributed by atoms with Crippen LogP contribution in [0.2, 0.25) is 0 Å². The molecule has 0 aliphatic carbocycles. The SMILES string of the molecule is Cc1cnc(C#N)nc1N(CC(C)C)NC(=O)N(CCCCCCNC(=O)CC(C)(C)C)c1ccc(F)cc1. The molecule has 0 aliphatic heterocycles. The van der Waals surface area contributed by atoms with E-state index in [2.05, 4.69) is 20.7 Å². The molecule has 1 heterocycles. The van der Waals surface area contributed by atoms with Crippen LogP contribution in [0.3, 0.4) is 0 Å². The Morgan fingerprint density at radius 3 is 2.38 bits per heavy atom. The fraction of sp³-hybridized carbons (Fsp3) is 0.552. The topological polar surface area (TPSA) is 114 Å². The van der Waals surface area contributed by atoms with Gasteiger partial charge in [0.25, 0.3) is 0 Å². The molecule has 0 unspecified atom stereocenters. The fourth-order valence-corrected chi connectivity index (χ4v) is 3.98. The molecular formula is C29H42FN7O2. The number of urea groups is 1. The van der Waals surface area contributed by atoms with E-state index in [0.717, 1.165) is 31.2 Å². The molecule has 2 rings (SSSR count). The third kappa shape index (κ3) is 11.3. The number of nitriles is 1. The van der Waals surface area contributed by atoms with Gasteiger partial charge in [-0.2, -0.15) is 10.2 Å². The Balaban J connectivity index is 2.05. The number of rotatable bonds is 13. The summed E-state index contributed by atoms with van der Waals surface area (Å²) in [5.41, 5.74) is 4.20. The summed E-state index contributed by atoms with van der Waals surface area (Å²) in [5, 5.41) is 13.9. The molecule has 0 saturated carbocycles. The van der Waals surface area contributed by atoms with E-state index < -0.39 is 0 Å². The van der Waals surface area contributed by atoms with Crippen LogP contribution in [-0.2, 0) is 4.79 Å². The van der Waals surface area contributed by atoms with Gasteiger partial charge in [-0.25, -0.2) is 19.6 Å². The zero-order chi connectivity index (χ0) is 29.0. The molecular weight excluding hydrogens is 497 g/mol. The van der Waals surface area contributed by atoms with Crippen molar-refractivity contribution in [2.24, 2.45) is 11.3 Å². The maximum Gasteiger partial charge on any atom is 0.340 e. The molecule has 0 aliphatic rings. The highest BCUT2D eigenvalue weighted by Crippen LogP contribution is 2.20. The summed E-state index contributed by atoms with van der Waals surface area (Å²) in [5.74, 6) is 0.344. The minimum atomic E-state index is -0.381. The molecule has 212 valence electrons. The van der Waals surface area contributed by atoms with Crippen molar-refractivity contribution >= 4 is 23.4 Å². The average molecular weight is 540 g/mol. The lowest BCUT2D eigenvalue weighted by atomic mass is 9.92. The van der Waals surface area contributed by atoms with Crippen LogP contribution in [0.25, 0.3) is 0 Å². The van der Waals surface area contributed by atoms with Gasteiger partial charge in [-0.1, -0.05) is 47.5 Å². The summed E-state index contributed by atoms with van der Waals surface area (Å²) in [6.07, 6.45) is 5.42. The summed E-state index contributed by atoms with van der Waals surface area (Å²) in [7, 11) is 0. The minimum absolute atomic E-state index is 0.0172. The number of unbranched alkanes of at least 4 members (excludes halogenated alkanes) is 3. The van der Waals surface area contributed by atoms with Crippen LogP contribution in [-0.4, -0.2) is 41.5 Å². The zero-order valence-electron chi connectivity index (χ0n) is 24.1. The molecule has 1 aromatic carbocycles. The molecule has 0 spiro atoms. The summed E-state index contributed by atoms with van der Waals surface area (Å²) >= 11 is 0. The van der Waals surface area contributed by atoms with E-state index >= 15 is 0 Å². The van der Waals surface area contributed by atoms with E-state index in [-0.39, 0.29) is 34.9 Å². The highest BCUT2D eigenvalue weighted by Gasteiger charge is 2.22. The van der Waals surface area contributed by atoms with Crippen LogP contribution >= 0.6 is 0 Å². The van der Waals surface area contributed by atoms with E-state index in [1.54, 1.807) is 28.2 Å². The second kappa shape index (κ2) is 15.0. The maximum atomic E-state index is 13.6. The van der Waals surface area contributed by atoms with Gasteiger partial charge in [0.05, 0.1) is 0 Å². The van der Waals surface area contributed by atoms with Gasteiger partial charge in [0.15, 0.2) is 5.82 Å². The van der Waals surface area contributed by atoms with Crippen molar-refractivity contribution in [3.63, 3.8) is 0 Å². The number of hydrazine groups is 1. The van der Waals surface area contributed by atoms with E-state index in [1.165, 1.54) is 12.1 Å². The first-order chi connectivity index (χ1) is 18.4. The van der Waals surface area contributed by atoms with Gasteiger partial charge in [0, 0.05) is 43.5 Å². The normalized spacial score (nSPS) is 11.2. The molecule has 3 amide bonds. The van der Waals surface area contributed by atoms with Gasteiger partial charge in [-0.3, -0.25) is 14.7 Å². The van der Waals surface area contributed by atoms with Crippen molar-refractivity contribution in [1.29, 1.82) is 5.26 Å². The molecule has 0 atom stereocenters. The van der Waals surface area contributed by atoms with E-state index in [9.17, 15) is 19.2 Å². The number of amides is 3. The number of benzene rings is 1. The van der Waals surface area contributed by atoms with Gasteiger partial charge in [0.2, 0.25) is 11.7 Å². The van der Waals surface area contributed by atoms with Crippen molar-refractivity contribution in [2.45, 2.75) is 73.6 Å². The van der Waals surface area contributed by atoms with Gasteiger partial charge < -0.3 is 5.32 Å². The Bertz CT molecular complexity index is 1120. The van der Waals surface area contributed by atoms with Gasteiger partial charge in [0.1, 0.15) is 11.9 Å². The van der Waals surface area contributed by atoms with E-state index in [4.69, 9.17) is 0 Å². The highest BCUT2D eigenvalue weighted by molar-refractivity contribution is 5.92. The standard InChI is InChI=1S/C29H42FN7O2/c1-21(2)20-37(27-22(3)19-33-25(18-31)34-27)35-28(39)36(24-13-11-23(30)12-14-24)16-10-8-7-9-15-32-26(38)17-29(4,5)6/h11-14,19,21H,7-10,15-17,20H2,1-6H3,(H,32,38)(H,35,39). The number of aryl methyl sites for hydroxylation is 1. The Morgan fingerprint density at radius 2 is 1.77 bits per heavy atom. The first-order valence-corrected chi connectivity index (χ1v) is 13.5. The average Bonchev–Trinajstić information content (AvgIpc) is 2.85. The molecule has 9 nitrogen and oxygen atoms in total. The Labute approximate surface area is 231 Å². The molecule has 39 heavy (non-hydrogen) atoms. The molecule has 0 radical (unpaired) electrons. The molecule has 2 aromatic rings. The fourth-order valence-electron chi connectivity index (χ4n) is 3.98. The van der Waals surface area contributed by atoms with Crippen LogP contribution in [0, 0.1) is 35.4 Å². The Morgan fingerprint density at radius 1 is 1.10 bits per heavy atom. The maximum absolute atomic E-state index is 13.6. The molecule has 0 fully saturated rings. The zero-order valence-corrected chi connectivity index (χ0v) is 24.1. The van der Waals surface area contributed by atoms with Crippen LogP contribution in [0.1, 0.15) is 78.1 Å². The number of nitrogens with zero attached hydrogens (tertiary/aromatic N) is 5. The first kappa shape index (κ1) is 31.5. The van der Waals surface area contributed by atoms with E-state index in [1.807, 2.05) is 47.6 Å². The van der Waals surface area contributed by atoms with E-state index in [0.29, 0.717) is 37.6 Å². The number of aromatic nitrogens is 2. The van der Waals surface area contributed by atoms with Crippen molar-refractivity contribution in [2.75, 3.05) is 29.5 Å². The first-order valence-electron chi connectivity index (χ1n) is 13.5. The van der Waals surface area contributed by atoms with Gasteiger partial charge >= 0.3 is 6.03 Å². The van der Waals surface area contributed by atoms with Crippen molar-refractivity contribution in [3.05, 3.63) is 47.7 Å². The predicted molar refractivity (Wildman–Crippen MR) is 151 cm³/mol. The minimum Gasteiger partial charge on any atom is -0.356 e. The Hall–Kier alpha value is -3.74. The smallest absolute Gasteiger partial charge is 0.340 e. The van der Waals surface area contributed by atoms with Crippen LogP contribution < -0.4 is 20.7 Å². The highest BCUT2D eigenvalue weighted by atomic mass is 19.1. The molecule has 0 bridgehead atoms. The van der Waals surface area contributed by atoms with Crippen LogP contribution in [0.4, 0.5) is 20.7 Å². The second-order valence-corrected chi connectivity index (χ2v) is 11.4. The molecule has 10 heteroatoms. The van der Waals surface area contributed by atoms with Crippen LogP contribution in [0.5, 0.6) is 0 Å². The van der Waals surface area contributed by atoms with Crippen LogP contribution in [0.15, 0.2) is 30.5 Å². The lowest BCUT2D eigenvalue weighted by Crippen LogP contribution is -2.51. The number of carbonyl (C=O) groups is 2. The number of anilines is 2. The summed E-state index contributed by atoms with van der Waals surface area (Å²) < 4.78 is 13.6. The number of nitrogens with one attached hydrogen (secondary N) is 2. The number of hydrogen-bond acceptors (Lipinski definition) is 6.